The first kappa shape index (κ1) is 21.7. The maximum atomic E-state index is 14.3. The fraction of sp³-hybridized carbons (Fsp3) is 0.182. The van der Waals surface area contributed by atoms with Crippen molar-refractivity contribution in [2.45, 2.75) is 12.8 Å². The number of hydrogen-bond acceptors (Lipinski definition) is 8. The Morgan fingerprint density at radius 1 is 0.968 bits per heavy atom. The van der Waals surface area contributed by atoms with Gasteiger partial charge in [0, 0.05) is 36.4 Å². The van der Waals surface area contributed by atoms with Gasteiger partial charge in [0.15, 0.2) is 11.6 Å². The average molecular weight is 424 g/mol. The van der Waals surface area contributed by atoms with Gasteiger partial charge in [0.05, 0.1) is 20.4 Å². The Morgan fingerprint density at radius 3 is 2.06 bits per heavy atom. The van der Waals surface area contributed by atoms with E-state index in [-0.39, 0.29) is 11.8 Å². The molecule has 1 aromatic rings. The third-order valence-corrected chi connectivity index (χ3v) is 4.31. The van der Waals surface area contributed by atoms with Gasteiger partial charge in [-0.05, 0) is 23.3 Å². The van der Waals surface area contributed by atoms with E-state index in [1.165, 1.54) is 26.4 Å². The van der Waals surface area contributed by atoms with Crippen LogP contribution in [0.15, 0.2) is 77.3 Å². The predicted molar refractivity (Wildman–Crippen MR) is 113 cm³/mol. The average Bonchev–Trinajstić information content (AvgIpc) is 2.76. The van der Waals surface area contributed by atoms with Gasteiger partial charge >= 0.3 is 11.9 Å². The van der Waals surface area contributed by atoms with E-state index < -0.39 is 17.8 Å². The Labute approximate surface area is 178 Å². The van der Waals surface area contributed by atoms with Crippen molar-refractivity contribution >= 4 is 23.7 Å². The van der Waals surface area contributed by atoms with E-state index in [0.29, 0.717) is 24.1 Å². The lowest BCUT2D eigenvalue weighted by atomic mass is 10.0. The highest BCUT2D eigenvalue weighted by Gasteiger charge is 2.13. The van der Waals surface area contributed by atoms with Gasteiger partial charge in [-0.2, -0.15) is 4.98 Å². The second-order valence-corrected chi connectivity index (χ2v) is 6.58. The van der Waals surface area contributed by atoms with Crippen LogP contribution in [0.1, 0.15) is 12.8 Å². The number of ether oxygens (including phenoxy) is 2. The highest BCUT2D eigenvalue weighted by molar-refractivity contribution is 5.84. The second-order valence-electron chi connectivity index (χ2n) is 6.58. The summed E-state index contributed by atoms with van der Waals surface area (Å²) in [6.07, 6.45) is 15.3. The number of carbonyl (C=O) groups excluding carboxylic acids is 2. The van der Waals surface area contributed by atoms with Crippen molar-refractivity contribution in [3.05, 3.63) is 83.2 Å². The Balaban J connectivity index is 1.70. The van der Waals surface area contributed by atoms with Crippen molar-refractivity contribution in [2.24, 2.45) is 0 Å². The molecule has 9 heteroatoms. The summed E-state index contributed by atoms with van der Waals surface area (Å²) in [5.41, 5.74) is 2.86. The molecule has 0 aliphatic heterocycles. The summed E-state index contributed by atoms with van der Waals surface area (Å²) < 4.78 is 23.5. The molecular formula is C22H21FN4O4. The first-order valence-corrected chi connectivity index (χ1v) is 9.35. The zero-order valence-electron chi connectivity index (χ0n) is 17.0. The molecule has 0 saturated carbocycles. The number of hydrogen-bond donors (Lipinski definition) is 2. The van der Waals surface area contributed by atoms with Gasteiger partial charge in [-0.25, -0.2) is 19.0 Å². The molecule has 0 saturated heterocycles. The number of esters is 2. The van der Waals surface area contributed by atoms with E-state index in [9.17, 15) is 14.0 Å². The van der Waals surface area contributed by atoms with Crippen LogP contribution in [0.5, 0.6) is 0 Å². The molecule has 2 aliphatic rings. The molecule has 2 N–H and O–H groups in total. The minimum Gasteiger partial charge on any atom is -0.466 e. The van der Waals surface area contributed by atoms with Crippen molar-refractivity contribution in [2.75, 3.05) is 24.9 Å². The molecule has 8 nitrogen and oxygen atoms in total. The van der Waals surface area contributed by atoms with E-state index in [1.807, 2.05) is 6.08 Å². The number of nitrogens with one attached hydrogen (secondary N) is 2. The number of rotatable bonds is 6. The van der Waals surface area contributed by atoms with Gasteiger partial charge in [0.1, 0.15) is 0 Å². The highest BCUT2D eigenvalue weighted by atomic mass is 19.1. The summed E-state index contributed by atoms with van der Waals surface area (Å²) in [5.74, 6) is -1.34. The fourth-order valence-electron chi connectivity index (χ4n) is 2.85. The Morgan fingerprint density at radius 2 is 1.52 bits per heavy atom. The zero-order valence-corrected chi connectivity index (χ0v) is 17.0. The predicted octanol–water partition coefficient (Wildman–Crippen LogP) is 3.33. The molecule has 160 valence electrons. The van der Waals surface area contributed by atoms with Gasteiger partial charge in [0.2, 0.25) is 5.95 Å². The maximum Gasteiger partial charge on any atom is 0.330 e. The quantitative estimate of drug-likeness (QED) is 0.530. The number of halogens is 1. The number of nitrogens with zero attached hydrogens (tertiary/aromatic N) is 2. The van der Waals surface area contributed by atoms with Crippen LogP contribution < -0.4 is 10.6 Å². The summed E-state index contributed by atoms with van der Waals surface area (Å²) >= 11 is 0. The Bertz CT molecular complexity index is 1070. The Kier molecular flexibility index (Phi) is 7.10. The summed E-state index contributed by atoms with van der Waals surface area (Å²) in [7, 11) is 2.62. The van der Waals surface area contributed by atoms with Crippen molar-refractivity contribution in [3.63, 3.8) is 0 Å². The monoisotopic (exact) mass is 424 g/mol. The third-order valence-electron chi connectivity index (χ3n) is 4.31. The second kappa shape index (κ2) is 10.1. The topological polar surface area (TPSA) is 102 Å². The van der Waals surface area contributed by atoms with Crippen LogP contribution in [0, 0.1) is 5.82 Å². The number of carbonyl (C=O) groups is 2. The number of aromatic nitrogens is 2. The number of allylic oxidation sites excluding steroid dienone is 8. The molecule has 0 spiro atoms. The van der Waals surface area contributed by atoms with Crippen LogP contribution in [0.4, 0.5) is 16.2 Å². The molecule has 31 heavy (non-hydrogen) atoms. The highest BCUT2D eigenvalue weighted by Crippen LogP contribution is 2.23. The molecule has 0 radical (unpaired) electrons. The van der Waals surface area contributed by atoms with Gasteiger partial charge in [-0.1, -0.05) is 24.3 Å². The van der Waals surface area contributed by atoms with Crippen LogP contribution in [0.25, 0.3) is 0 Å². The number of methoxy groups -OCH3 is 2. The summed E-state index contributed by atoms with van der Waals surface area (Å²) in [4.78, 5) is 31.0. The molecule has 0 unspecified atom stereocenters. The molecule has 3 rings (SSSR count). The van der Waals surface area contributed by atoms with Gasteiger partial charge < -0.3 is 20.1 Å². The zero-order chi connectivity index (χ0) is 22.2. The Hall–Kier alpha value is -4.01. The molecule has 1 aromatic heterocycles. The van der Waals surface area contributed by atoms with Crippen molar-refractivity contribution in [1.82, 2.24) is 9.97 Å². The molecule has 0 atom stereocenters. The van der Waals surface area contributed by atoms with Crippen LogP contribution in [-0.2, 0) is 19.1 Å². The van der Waals surface area contributed by atoms with Gasteiger partial charge in [0.25, 0.3) is 0 Å². The smallest absolute Gasteiger partial charge is 0.330 e. The summed E-state index contributed by atoms with van der Waals surface area (Å²) in [6.45, 7) is 0. The molecular weight excluding hydrogens is 403 g/mol. The SMILES string of the molecule is COC(=O)/C=C1\C=CC=C(Nc2ncc(F)c(NC3=CC=C/C(=C\C(=O)OC)C3)n2)C1. The van der Waals surface area contributed by atoms with Crippen LogP contribution in [-0.4, -0.2) is 36.1 Å². The largest absolute Gasteiger partial charge is 0.466 e. The molecule has 1 heterocycles. The van der Waals surface area contributed by atoms with E-state index in [1.54, 1.807) is 30.4 Å². The minimum atomic E-state index is -0.622. The first-order valence-electron chi connectivity index (χ1n) is 9.35. The molecule has 2 aliphatic carbocycles. The normalized spacial score (nSPS) is 17.8. The summed E-state index contributed by atoms with van der Waals surface area (Å²) in [5, 5.41) is 5.97. The number of anilines is 2. The van der Waals surface area contributed by atoms with E-state index in [2.05, 4.69) is 30.1 Å². The lowest BCUT2D eigenvalue weighted by molar-refractivity contribution is -0.135. The van der Waals surface area contributed by atoms with Crippen molar-refractivity contribution < 1.29 is 23.5 Å². The third kappa shape index (κ3) is 6.23. The van der Waals surface area contributed by atoms with Crippen LogP contribution in [0.3, 0.4) is 0 Å². The van der Waals surface area contributed by atoms with E-state index in [0.717, 1.165) is 17.5 Å². The van der Waals surface area contributed by atoms with E-state index in [4.69, 9.17) is 0 Å². The molecule has 0 amide bonds. The van der Waals surface area contributed by atoms with Crippen LogP contribution >= 0.6 is 0 Å². The molecule has 0 fully saturated rings. The van der Waals surface area contributed by atoms with Gasteiger partial charge in [-0.15, -0.1) is 0 Å². The van der Waals surface area contributed by atoms with Gasteiger partial charge in [-0.3, -0.25) is 0 Å². The fourth-order valence-corrected chi connectivity index (χ4v) is 2.85. The lowest BCUT2D eigenvalue weighted by Gasteiger charge is -2.16. The molecule has 0 aromatic carbocycles. The summed E-state index contributed by atoms with van der Waals surface area (Å²) in [6, 6.07) is 0. The van der Waals surface area contributed by atoms with Crippen LogP contribution in [0.2, 0.25) is 0 Å². The standard InChI is InChI=1S/C22H21FN4O4/c1-30-19(28)11-14-5-3-7-16(9-14)25-21-18(23)13-24-22(27-21)26-17-8-4-6-15(10-17)12-20(29)31-2/h3-8,11-13H,9-10H2,1-2H3,(H2,24,25,26,27)/b14-11+,15-12+. The minimum absolute atomic E-state index is 0.00579. The first-order chi connectivity index (χ1) is 15.0. The maximum absolute atomic E-state index is 14.3. The van der Waals surface area contributed by atoms with Crippen molar-refractivity contribution in [1.29, 1.82) is 0 Å². The van der Waals surface area contributed by atoms with Crippen molar-refractivity contribution in [3.8, 4) is 0 Å². The van der Waals surface area contributed by atoms with E-state index >= 15 is 0 Å². The lowest BCUT2D eigenvalue weighted by Crippen LogP contribution is -2.11. The molecule has 0 bridgehead atoms.